The van der Waals surface area contributed by atoms with Gasteiger partial charge in [-0.15, -0.1) is 0 Å². The van der Waals surface area contributed by atoms with Crippen molar-refractivity contribution in [3.63, 3.8) is 0 Å². The molecule has 0 saturated carbocycles. The predicted octanol–water partition coefficient (Wildman–Crippen LogP) is 0.930. The van der Waals surface area contributed by atoms with E-state index < -0.39 is 5.54 Å². The SMILES string of the molecule is CCC1(C)NC(=O)CN(CCCCCOC)C1=O. The van der Waals surface area contributed by atoms with Crippen LogP contribution in [0, 0.1) is 0 Å². The number of nitrogens with one attached hydrogen (secondary N) is 1. The van der Waals surface area contributed by atoms with Crippen molar-refractivity contribution in [1.82, 2.24) is 10.2 Å². The maximum Gasteiger partial charge on any atom is 0.248 e. The molecule has 2 amide bonds. The van der Waals surface area contributed by atoms with Gasteiger partial charge in [-0.25, -0.2) is 0 Å². The summed E-state index contributed by atoms with van der Waals surface area (Å²) >= 11 is 0. The number of hydrogen-bond donors (Lipinski definition) is 1. The van der Waals surface area contributed by atoms with E-state index in [0.717, 1.165) is 25.9 Å². The van der Waals surface area contributed by atoms with Crippen molar-refractivity contribution in [2.45, 2.75) is 45.1 Å². The van der Waals surface area contributed by atoms with Crippen LogP contribution in [0.5, 0.6) is 0 Å². The van der Waals surface area contributed by atoms with Crippen LogP contribution in [-0.4, -0.2) is 49.1 Å². The number of carbonyl (C=O) groups is 2. The van der Waals surface area contributed by atoms with Gasteiger partial charge in [-0.3, -0.25) is 9.59 Å². The third-order valence-electron chi connectivity index (χ3n) is 3.49. The van der Waals surface area contributed by atoms with Crippen LogP contribution in [0.2, 0.25) is 0 Å². The minimum Gasteiger partial charge on any atom is -0.385 e. The van der Waals surface area contributed by atoms with E-state index in [1.165, 1.54) is 0 Å². The zero-order valence-corrected chi connectivity index (χ0v) is 11.6. The highest BCUT2D eigenvalue weighted by Crippen LogP contribution is 2.18. The van der Waals surface area contributed by atoms with Gasteiger partial charge in [0.15, 0.2) is 0 Å². The monoisotopic (exact) mass is 256 g/mol. The fraction of sp³-hybridized carbons (Fsp3) is 0.846. The second kappa shape index (κ2) is 6.73. The summed E-state index contributed by atoms with van der Waals surface area (Å²) in [5, 5.41) is 2.78. The summed E-state index contributed by atoms with van der Waals surface area (Å²) in [6.45, 7) is 5.32. The Bertz CT molecular complexity index is 307. The van der Waals surface area contributed by atoms with Crippen LogP contribution < -0.4 is 5.32 Å². The van der Waals surface area contributed by atoms with E-state index >= 15 is 0 Å². The molecule has 1 unspecified atom stereocenters. The average molecular weight is 256 g/mol. The minimum atomic E-state index is -0.720. The van der Waals surface area contributed by atoms with E-state index in [1.807, 2.05) is 6.92 Å². The Morgan fingerprint density at radius 1 is 1.33 bits per heavy atom. The van der Waals surface area contributed by atoms with Gasteiger partial charge in [0, 0.05) is 20.3 Å². The Morgan fingerprint density at radius 2 is 2.06 bits per heavy atom. The van der Waals surface area contributed by atoms with Gasteiger partial charge in [-0.05, 0) is 32.6 Å². The van der Waals surface area contributed by atoms with Crippen molar-refractivity contribution >= 4 is 11.8 Å². The first-order valence-electron chi connectivity index (χ1n) is 6.63. The standard InChI is InChI=1S/C13H24N2O3/c1-4-13(2)12(17)15(10-11(16)14-13)8-6-5-7-9-18-3/h4-10H2,1-3H3,(H,14,16). The molecule has 1 aliphatic heterocycles. The normalized spacial score (nSPS) is 24.3. The van der Waals surface area contributed by atoms with E-state index in [-0.39, 0.29) is 18.4 Å². The van der Waals surface area contributed by atoms with E-state index in [1.54, 1.807) is 18.9 Å². The number of methoxy groups -OCH3 is 1. The van der Waals surface area contributed by atoms with Crippen LogP contribution in [0.25, 0.3) is 0 Å². The molecular weight excluding hydrogens is 232 g/mol. The highest BCUT2D eigenvalue weighted by atomic mass is 16.5. The molecule has 104 valence electrons. The van der Waals surface area contributed by atoms with Crippen LogP contribution in [0.3, 0.4) is 0 Å². The molecule has 1 aliphatic rings. The fourth-order valence-electron chi connectivity index (χ4n) is 2.14. The Kier molecular flexibility index (Phi) is 5.59. The van der Waals surface area contributed by atoms with E-state index in [0.29, 0.717) is 13.0 Å². The van der Waals surface area contributed by atoms with Gasteiger partial charge in [-0.1, -0.05) is 6.92 Å². The highest BCUT2D eigenvalue weighted by Gasteiger charge is 2.40. The maximum absolute atomic E-state index is 12.2. The first-order valence-corrected chi connectivity index (χ1v) is 6.63. The predicted molar refractivity (Wildman–Crippen MR) is 69.1 cm³/mol. The van der Waals surface area contributed by atoms with Gasteiger partial charge in [0.2, 0.25) is 11.8 Å². The van der Waals surface area contributed by atoms with Crippen LogP contribution in [0.1, 0.15) is 39.5 Å². The smallest absolute Gasteiger partial charge is 0.248 e. The van der Waals surface area contributed by atoms with Crippen molar-refractivity contribution in [2.24, 2.45) is 0 Å². The summed E-state index contributed by atoms with van der Waals surface area (Å²) in [6.07, 6.45) is 3.55. The topological polar surface area (TPSA) is 58.6 Å². The van der Waals surface area contributed by atoms with Crippen molar-refractivity contribution in [2.75, 3.05) is 26.8 Å². The quantitative estimate of drug-likeness (QED) is 0.689. The number of nitrogens with zero attached hydrogens (tertiary/aromatic N) is 1. The molecule has 1 saturated heterocycles. The van der Waals surface area contributed by atoms with Crippen LogP contribution in [-0.2, 0) is 14.3 Å². The third-order valence-corrected chi connectivity index (χ3v) is 3.49. The Balaban J connectivity index is 2.44. The van der Waals surface area contributed by atoms with Crippen molar-refractivity contribution < 1.29 is 14.3 Å². The molecule has 0 spiro atoms. The zero-order valence-electron chi connectivity index (χ0n) is 11.6. The van der Waals surface area contributed by atoms with Crippen LogP contribution in [0.15, 0.2) is 0 Å². The second-order valence-electron chi connectivity index (χ2n) is 5.01. The van der Waals surface area contributed by atoms with Crippen LogP contribution in [0.4, 0.5) is 0 Å². The summed E-state index contributed by atoms with van der Waals surface area (Å²) in [6, 6.07) is 0. The molecule has 0 radical (unpaired) electrons. The Morgan fingerprint density at radius 3 is 2.67 bits per heavy atom. The van der Waals surface area contributed by atoms with Gasteiger partial charge >= 0.3 is 0 Å². The highest BCUT2D eigenvalue weighted by molar-refractivity contribution is 5.97. The molecule has 0 aromatic carbocycles. The largest absolute Gasteiger partial charge is 0.385 e. The van der Waals surface area contributed by atoms with Gasteiger partial charge in [-0.2, -0.15) is 0 Å². The summed E-state index contributed by atoms with van der Waals surface area (Å²) in [7, 11) is 1.69. The van der Waals surface area contributed by atoms with Gasteiger partial charge in [0.1, 0.15) is 5.54 Å². The average Bonchev–Trinajstić information content (AvgIpc) is 2.34. The fourth-order valence-corrected chi connectivity index (χ4v) is 2.14. The third kappa shape index (κ3) is 3.70. The second-order valence-corrected chi connectivity index (χ2v) is 5.01. The maximum atomic E-state index is 12.2. The molecule has 0 aromatic heterocycles. The number of amides is 2. The van der Waals surface area contributed by atoms with E-state index in [4.69, 9.17) is 4.74 Å². The molecule has 1 heterocycles. The lowest BCUT2D eigenvalue weighted by Crippen LogP contribution is -2.65. The van der Waals surface area contributed by atoms with Crippen molar-refractivity contribution in [3.8, 4) is 0 Å². The molecule has 0 aliphatic carbocycles. The molecule has 5 heteroatoms. The van der Waals surface area contributed by atoms with Crippen LogP contribution >= 0.6 is 0 Å². The lowest BCUT2D eigenvalue weighted by atomic mass is 9.94. The summed E-state index contributed by atoms with van der Waals surface area (Å²) < 4.78 is 4.98. The molecule has 5 nitrogen and oxygen atoms in total. The van der Waals surface area contributed by atoms with Gasteiger partial charge in [0.25, 0.3) is 0 Å². The number of piperazine rings is 1. The number of ether oxygens (including phenoxy) is 1. The lowest BCUT2D eigenvalue weighted by molar-refractivity contribution is -0.149. The van der Waals surface area contributed by atoms with Gasteiger partial charge in [0.05, 0.1) is 6.54 Å². The van der Waals surface area contributed by atoms with Crippen molar-refractivity contribution in [3.05, 3.63) is 0 Å². The van der Waals surface area contributed by atoms with E-state index in [9.17, 15) is 9.59 Å². The zero-order chi connectivity index (χ0) is 13.6. The minimum absolute atomic E-state index is 0.0383. The molecular formula is C13H24N2O3. The molecule has 1 atom stereocenters. The summed E-state index contributed by atoms with van der Waals surface area (Å²) in [4.78, 5) is 25.5. The number of carbonyl (C=O) groups excluding carboxylic acids is 2. The Labute approximate surface area is 109 Å². The summed E-state index contributed by atoms with van der Waals surface area (Å²) in [5.41, 5.74) is -0.720. The molecule has 1 N–H and O–H groups in total. The lowest BCUT2D eigenvalue weighted by Gasteiger charge is -2.39. The first-order chi connectivity index (χ1) is 8.53. The molecule has 0 aromatic rings. The summed E-state index contributed by atoms with van der Waals surface area (Å²) in [5.74, 6) is -0.0211. The molecule has 18 heavy (non-hydrogen) atoms. The van der Waals surface area contributed by atoms with Gasteiger partial charge < -0.3 is 15.0 Å². The molecule has 0 bridgehead atoms. The Hall–Kier alpha value is -1.10. The first kappa shape index (κ1) is 15.0. The number of hydrogen-bond acceptors (Lipinski definition) is 3. The number of rotatable bonds is 7. The molecule has 1 fully saturated rings. The van der Waals surface area contributed by atoms with Crippen molar-refractivity contribution in [1.29, 1.82) is 0 Å². The molecule has 1 rings (SSSR count). The van der Waals surface area contributed by atoms with E-state index in [2.05, 4.69) is 5.32 Å². The number of unbranched alkanes of at least 4 members (excludes halogenated alkanes) is 2.